The Kier molecular flexibility index (Phi) is 4.31. The summed E-state index contributed by atoms with van der Waals surface area (Å²) in [7, 11) is -4.03. The van der Waals surface area contributed by atoms with Crippen LogP contribution in [0.2, 0.25) is 0 Å². The van der Waals surface area contributed by atoms with E-state index in [4.69, 9.17) is 4.55 Å². The van der Waals surface area contributed by atoms with Gasteiger partial charge in [0.1, 0.15) is 0 Å². The molecule has 0 aliphatic heterocycles. The SMILES string of the molecule is Cc1ccccc1S(=O)(=O)O.[Zr]. The summed E-state index contributed by atoms with van der Waals surface area (Å²) in [4.78, 5) is -0.0278. The predicted octanol–water partition coefficient (Wildman–Crippen LogP) is 1.24. The summed E-state index contributed by atoms with van der Waals surface area (Å²) in [5.74, 6) is 0. The van der Waals surface area contributed by atoms with Gasteiger partial charge in [-0.2, -0.15) is 8.42 Å². The maximum absolute atomic E-state index is 10.6. The van der Waals surface area contributed by atoms with Crippen LogP contribution in [0, 0.1) is 6.92 Å². The number of hydrogen-bond acceptors (Lipinski definition) is 2. The van der Waals surface area contributed by atoms with Crippen molar-refractivity contribution in [3.05, 3.63) is 29.8 Å². The van der Waals surface area contributed by atoms with Crippen LogP contribution in [0.5, 0.6) is 0 Å². The van der Waals surface area contributed by atoms with Gasteiger partial charge in [0.15, 0.2) is 0 Å². The zero-order valence-electron chi connectivity index (χ0n) is 6.48. The standard InChI is InChI=1S/C7H8O3S.Zr/c1-6-4-2-3-5-7(6)11(8,9)10;/h2-5H,1H3,(H,8,9,10);. The van der Waals surface area contributed by atoms with Crippen molar-refractivity contribution in [3.63, 3.8) is 0 Å². The molecule has 0 aliphatic carbocycles. The Hall–Kier alpha value is 0.0131. The zero-order valence-corrected chi connectivity index (χ0v) is 9.76. The molecule has 5 heteroatoms. The molecule has 0 fully saturated rings. The van der Waals surface area contributed by atoms with Gasteiger partial charge in [-0.25, -0.2) is 0 Å². The van der Waals surface area contributed by atoms with Crippen LogP contribution in [0.3, 0.4) is 0 Å². The van der Waals surface area contributed by atoms with E-state index in [0.29, 0.717) is 5.56 Å². The normalized spacial score (nSPS) is 10.5. The average molecular weight is 263 g/mol. The molecule has 0 spiro atoms. The van der Waals surface area contributed by atoms with Crippen LogP contribution in [-0.4, -0.2) is 13.0 Å². The van der Waals surface area contributed by atoms with Crippen molar-refractivity contribution < 1.29 is 39.2 Å². The molecule has 64 valence electrons. The second-order valence-electron chi connectivity index (χ2n) is 2.24. The number of aryl methyl sites for hydroxylation is 1. The summed E-state index contributed by atoms with van der Waals surface area (Å²) in [6.07, 6.45) is 0. The Morgan fingerprint density at radius 3 is 2.08 bits per heavy atom. The summed E-state index contributed by atoms with van der Waals surface area (Å²) >= 11 is 0. The molecule has 1 aromatic rings. The van der Waals surface area contributed by atoms with E-state index in [1.54, 1.807) is 25.1 Å². The molecule has 0 saturated heterocycles. The second-order valence-corrected chi connectivity index (χ2v) is 3.63. The van der Waals surface area contributed by atoms with Crippen LogP contribution >= 0.6 is 0 Å². The molecule has 3 nitrogen and oxygen atoms in total. The summed E-state index contributed by atoms with van der Waals surface area (Å²) in [6, 6.07) is 6.27. The van der Waals surface area contributed by atoms with Gasteiger partial charge in [-0.05, 0) is 18.6 Å². The van der Waals surface area contributed by atoms with Crippen molar-refractivity contribution in [2.24, 2.45) is 0 Å². The van der Waals surface area contributed by atoms with E-state index in [-0.39, 0.29) is 31.1 Å². The molecule has 0 radical (unpaired) electrons. The van der Waals surface area contributed by atoms with Gasteiger partial charge in [-0.1, -0.05) is 18.2 Å². The predicted molar refractivity (Wildman–Crippen MR) is 41.0 cm³/mol. The van der Waals surface area contributed by atoms with Gasteiger partial charge < -0.3 is 0 Å². The fourth-order valence-electron chi connectivity index (χ4n) is 0.846. The topological polar surface area (TPSA) is 54.4 Å². The van der Waals surface area contributed by atoms with Gasteiger partial charge in [0.2, 0.25) is 0 Å². The molecule has 1 rings (SSSR count). The minimum Gasteiger partial charge on any atom is -0.282 e. The van der Waals surface area contributed by atoms with Gasteiger partial charge >= 0.3 is 0 Å². The Morgan fingerprint density at radius 2 is 1.75 bits per heavy atom. The smallest absolute Gasteiger partial charge is 0.282 e. The first-order valence-electron chi connectivity index (χ1n) is 3.05. The Labute approximate surface area is 90.7 Å². The third-order valence-electron chi connectivity index (χ3n) is 1.37. The zero-order chi connectivity index (χ0) is 8.48. The summed E-state index contributed by atoms with van der Waals surface area (Å²) in [6.45, 7) is 1.63. The average Bonchev–Trinajstić information content (AvgIpc) is 1.86. The first-order chi connectivity index (χ1) is 5.02. The van der Waals surface area contributed by atoms with E-state index in [9.17, 15) is 8.42 Å². The molecule has 0 bridgehead atoms. The number of rotatable bonds is 1. The molecule has 0 saturated carbocycles. The van der Waals surface area contributed by atoms with Crippen molar-refractivity contribution in [3.8, 4) is 0 Å². The largest absolute Gasteiger partial charge is 0.294 e. The third-order valence-corrected chi connectivity index (χ3v) is 2.39. The molecule has 0 aliphatic rings. The minimum atomic E-state index is -4.03. The van der Waals surface area contributed by atoms with E-state index >= 15 is 0 Å². The van der Waals surface area contributed by atoms with Crippen LogP contribution in [0.15, 0.2) is 29.2 Å². The Balaban J connectivity index is 0.00000121. The van der Waals surface area contributed by atoms with Crippen molar-refractivity contribution in [1.29, 1.82) is 0 Å². The van der Waals surface area contributed by atoms with E-state index in [1.807, 2.05) is 0 Å². The minimum absolute atomic E-state index is 0. The summed E-state index contributed by atoms with van der Waals surface area (Å²) in [5, 5.41) is 0. The maximum atomic E-state index is 10.6. The van der Waals surface area contributed by atoms with E-state index in [1.165, 1.54) is 6.07 Å². The fraction of sp³-hybridized carbons (Fsp3) is 0.143. The Bertz CT molecular complexity index is 359. The molecule has 0 heterocycles. The van der Waals surface area contributed by atoms with E-state index in [2.05, 4.69) is 0 Å². The molecule has 1 aromatic carbocycles. The molecule has 0 atom stereocenters. The first-order valence-corrected chi connectivity index (χ1v) is 4.49. The van der Waals surface area contributed by atoms with Crippen LogP contribution in [-0.2, 0) is 36.3 Å². The van der Waals surface area contributed by atoms with Crippen LogP contribution < -0.4 is 0 Å². The molecule has 0 aromatic heterocycles. The Morgan fingerprint density at radius 1 is 1.25 bits per heavy atom. The van der Waals surface area contributed by atoms with E-state index in [0.717, 1.165) is 0 Å². The van der Waals surface area contributed by atoms with Gasteiger partial charge in [0.25, 0.3) is 10.1 Å². The molecule has 0 unspecified atom stereocenters. The van der Waals surface area contributed by atoms with Gasteiger partial charge in [-0.3, -0.25) is 4.55 Å². The van der Waals surface area contributed by atoms with Crippen molar-refractivity contribution in [2.45, 2.75) is 11.8 Å². The third kappa shape index (κ3) is 2.81. The van der Waals surface area contributed by atoms with Crippen molar-refractivity contribution >= 4 is 10.1 Å². The second kappa shape index (κ2) is 4.31. The molecular weight excluding hydrogens is 255 g/mol. The number of hydrogen-bond donors (Lipinski definition) is 1. The van der Waals surface area contributed by atoms with Crippen LogP contribution in [0.1, 0.15) is 5.56 Å². The quantitative estimate of drug-likeness (QED) is 0.776. The summed E-state index contributed by atoms with van der Waals surface area (Å²) < 4.78 is 29.9. The molecule has 0 amide bonds. The van der Waals surface area contributed by atoms with E-state index < -0.39 is 10.1 Å². The number of benzene rings is 1. The molecule has 1 N–H and O–H groups in total. The van der Waals surface area contributed by atoms with Crippen LogP contribution in [0.25, 0.3) is 0 Å². The van der Waals surface area contributed by atoms with Crippen molar-refractivity contribution in [2.75, 3.05) is 0 Å². The van der Waals surface area contributed by atoms with Gasteiger partial charge in [0, 0.05) is 26.2 Å². The van der Waals surface area contributed by atoms with Gasteiger partial charge in [-0.15, -0.1) is 0 Å². The molecular formula is C7H8O3SZr. The molecule has 12 heavy (non-hydrogen) atoms. The van der Waals surface area contributed by atoms with Crippen molar-refractivity contribution in [1.82, 2.24) is 0 Å². The van der Waals surface area contributed by atoms with Crippen LogP contribution in [0.4, 0.5) is 0 Å². The maximum Gasteiger partial charge on any atom is 0.294 e. The monoisotopic (exact) mass is 262 g/mol. The summed E-state index contributed by atoms with van der Waals surface area (Å²) in [5.41, 5.74) is 0.551. The fourth-order valence-corrected chi connectivity index (χ4v) is 1.57. The first kappa shape index (κ1) is 12.0. The van der Waals surface area contributed by atoms with Gasteiger partial charge in [0.05, 0.1) is 4.90 Å².